The fraction of sp³-hybridized carbons (Fsp3) is 0.385. The van der Waals surface area contributed by atoms with Crippen molar-refractivity contribution in [1.29, 1.82) is 0 Å². The fourth-order valence-electron chi connectivity index (χ4n) is 1.73. The zero-order valence-electron chi connectivity index (χ0n) is 10.3. The first-order valence-corrected chi connectivity index (χ1v) is 5.71. The maximum atomic E-state index is 11.8. The molecule has 0 N–H and O–H groups in total. The molecule has 90 valence electrons. The average Bonchev–Trinajstić information content (AvgIpc) is 2.70. The number of carbonyl (C=O) groups excluding carboxylic acids is 1. The van der Waals surface area contributed by atoms with Gasteiger partial charge in [0.25, 0.3) is 0 Å². The highest BCUT2D eigenvalue weighted by Crippen LogP contribution is 2.18. The highest BCUT2D eigenvalue weighted by atomic mass is 16.5. The number of benzene rings is 1. The third-order valence-corrected chi connectivity index (χ3v) is 2.59. The Labute approximate surface area is 100 Å². The molecule has 0 spiro atoms. The molecule has 1 aromatic carbocycles. The molecule has 0 saturated heterocycles. The zero-order chi connectivity index (χ0) is 12.4. The van der Waals surface area contributed by atoms with Crippen LogP contribution < -0.4 is 0 Å². The van der Waals surface area contributed by atoms with Gasteiger partial charge in [0.2, 0.25) is 0 Å². The number of ether oxygens (including phenoxy) is 1. The molecule has 4 heteroatoms. The van der Waals surface area contributed by atoms with Crippen LogP contribution in [0.4, 0.5) is 0 Å². The number of hydrogen-bond acceptors (Lipinski definition) is 3. The highest BCUT2D eigenvalue weighted by molar-refractivity contribution is 5.80. The van der Waals surface area contributed by atoms with Crippen LogP contribution in [-0.4, -0.2) is 21.6 Å². The largest absolute Gasteiger partial charge is 0.461 e. The Morgan fingerprint density at radius 1 is 1.29 bits per heavy atom. The van der Waals surface area contributed by atoms with Crippen LogP contribution in [0.15, 0.2) is 30.6 Å². The minimum Gasteiger partial charge on any atom is -0.461 e. The molecule has 17 heavy (non-hydrogen) atoms. The van der Waals surface area contributed by atoms with Gasteiger partial charge in [-0.25, -0.2) is 9.78 Å². The van der Waals surface area contributed by atoms with Crippen molar-refractivity contribution in [2.24, 2.45) is 0 Å². The van der Waals surface area contributed by atoms with E-state index in [4.69, 9.17) is 4.74 Å². The molecule has 0 bridgehead atoms. The highest BCUT2D eigenvalue weighted by Gasteiger charge is 2.19. The number of esters is 1. The summed E-state index contributed by atoms with van der Waals surface area (Å²) in [6, 6.07) is 7.37. The Morgan fingerprint density at radius 3 is 2.71 bits per heavy atom. The number of hydrogen-bond donors (Lipinski definition) is 0. The molecule has 0 aliphatic carbocycles. The summed E-state index contributed by atoms with van der Waals surface area (Å²) >= 11 is 0. The van der Waals surface area contributed by atoms with E-state index in [-0.39, 0.29) is 18.1 Å². The van der Waals surface area contributed by atoms with Crippen molar-refractivity contribution in [1.82, 2.24) is 9.55 Å². The molecule has 0 aliphatic heterocycles. The van der Waals surface area contributed by atoms with E-state index in [0.29, 0.717) is 0 Å². The molecule has 0 fully saturated rings. The Kier molecular flexibility index (Phi) is 3.13. The quantitative estimate of drug-likeness (QED) is 0.764. The molecule has 0 saturated carbocycles. The lowest BCUT2D eigenvalue weighted by molar-refractivity contribution is -0.150. The Bertz CT molecular complexity index is 531. The molecule has 0 unspecified atom stereocenters. The number of imidazole rings is 1. The number of aromatic nitrogens is 2. The third-order valence-electron chi connectivity index (χ3n) is 2.59. The van der Waals surface area contributed by atoms with E-state index in [1.165, 1.54) is 0 Å². The molecular weight excluding hydrogens is 216 g/mol. The SMILES string of the molecule is CC(C)OC(=O)[C@H](C)n1cnc2ccccc21. The van der Waals surface area contributed by atoms with E-state index in [0.717, 1.165) is 11.0 Å². The van der Waals surface area contributed by atoms with E-state index in [2.05, 4.69) is 4.98 Å². The van der Waals surface area contributed by atoms with Crippen LogP contribution in [0.25, 0.3) is 11.0 Å². The molecule has 1 aromatic heterocycles. The molecule has 0 radical (unpaired) electrons. The van der Waals surface area contributed by atoms with Crippen LogP contribution in [-0.2, 0) is 9.53 Å². The van der Waals surface area contributed by atoms with Gasteiger partial charge < -0.3 is 9.30 Å². The summed E-state index contributed by atoms with van der Waals surface area (Å²) in [5.74, 6) is -0.233. The minimum atomic E-state index is -0.357. The number of carbonyl (C=O) groups is 1. The van der Waals surface area contributed by atoms with Crippen LogP contribution in [0.3, 0.4) is 0 Å². The second-order valence-electron chi connectivity index (χ2n) is 4.30. The van der Waals surface area contributed by atoms with Crippen LogP contribution in [0, 0.1) is 0 Å². The summed E-state index contributed by atoms with van der Waals surface area (Å²) in [5, 5.41) is 0. The predicted octanol–water partition coefficient (Wildman–Crippen LogP) is 2.55. The predicted molar refractivity (Wildman–Crippen MR) is 65.7 cm³/mol. The molecule has 1 heterocycles. The molecule has 0 amide bonds. The number of nitrogens with zero attached hydrogens (tertiary/aromatic N) is 2. The van der Waals surface area contributed by atoms with E-state index >= 15 is 0 Å². The zero-order valence-corrected chi connectivity index (χ0v) is 10.3. The minimum absolute atomic E-state index is 0.0975. The second-order valence-corrected chi connectivity index (χ2v) is 4.30. The first-order chi connectivity index (χ1) is 8.09. The van der Waals surface area contributed by atoms with Gasteiger partial charge in [-0.3, -0.25) is 0 Å². The summed E-state index contributed by atoms with van der Waals surface area (Å²) < 4.78 is 7.03. The van der Waals surface area contributed by atoms with Gasteiger partial charge in [-0.15, -0.1) is 0 Å². The maximum Gasteiger partial charge on any atom is 0.329 e. The van der Waals surface area contributed by atoms with Crippen molar-refractivity contribution < 1.29 is 9.53 Å². The van der Waals surface area contributed by atoms with Crippen molar-refractivity contribution in [3.05, 3.63) is 30.6 Å². The average molecular weight is 232 g/mol. The van der Waals surface area contributed by atoms with Crippen LogP contribution in [0.5, 0.6) is 0 Å². The molecular formula is C13H16N2O2. The number of fused-ring (bicyclic) bond motifs is 1. The van der Waals surface area contributed by atoms with Crippen LogP contribution in [0.2, 0.25) is 0 Å². The van der Waals surface area contributed by atoms with E-state index in [1.54, 1.807) is 6.33 Å². The lowest BCUT2D eigenvalue weighted by Gasteiger charge is -2.15. The molecule has 1 atom stereocenters. The van der Waals surface area contributed by atoms with Crippen LogP contribution in [0.1, 0.15) is 26.8 Å². The maximum absolute atomic E-state index is 11.8. The van der Waals surface area contributed by atoms with Gasteiger partial charge in [-0.2, -0.15) is 0 Å². The van der Waals surface area contributed by atoms with Crippen molar-refractivity contribution in [3.63, 3.8) is 0 Å². The molecule has 2 rings (SSSR count). The van der Waals surface area contributed by atoms with Gasteiger partial charge in [0.1, 0.15) is 6.04 Å². The Hall–Kier alpha value is -1.84. The second kappa shape index (κ2) is 4.57. The van der Waals surface area contributed by atoms with Gasteiger partial charge in [0, 0.05) is 0 Å². The van der Waals surface area contributed by atoms with E-state index < -0.39 is 0 Å². The summed E-state index contributed by atoms with van der Waals surface area (Å²) in [6.07, 6.45) is 1.58. The lowest BCUT2D eigenvalue weighted by atomic mass is 10.3. The van der Waals surface area contributed by atoms with Crippen molar-refractivity contribution in [2.75, 3.05) is 0 Å². The normalized spacial score (nSPS) is 12.9. The van der Waals surface area contributed by atoms with Gasteiger partial charge in [0.15, 0.2) is 0 Å². The topological polar surface area (TPSA) is 44.1 Å². The number of rotatable bonds is 3. The van der Waals surface area contributed by atoms with Gasteiger partial charge in [-0.1, -0.05) is 12.1 Å². The Morgan fingerprint density at radius 2 is 2.00 bits per heavy atom. The monoisotopic (exact) mass is 232 g/mol. The van der Waals surface area contributed by atoms with Gasteiger partial charge in [-0.05, 0) is 32.9 Å². The Balaban J connectivity index is 2.30. The first kappa shape index (κ1) is 11.6. The van der Waals surface area contributed by atoms with Gasteiger partial charge >= 0.3 is 5.97 Å². The van der Waals surface area contributed by atoms with Crippen molar-refractivity contribution in [2.45, 2.75) is 32.9 Å². The summed E-state index contributed by atoms with van der Waals surface area (Å²) in [6.45, 7) is 5.51. The van der Waals surface area contributed by atoms with E-state index in [9.17, 15) is 4.79 Å². The van der Waals surface area contributed by atoms with E-state index in [1.807, 2.05) is 49.6 Å². The summed E-state index contributed by atoms with van der Waals surface area (Å²) in [4.78, 5) is 16.1. The standard InChI is InChI=1S/C13H16N2O2/c1-9(2)17-13(16)10(3)15-8-14-11-6-4-5-7-12(11)15/h4-10H,1-3H3/t10-/m0/s1. The number of para-hydroxylation sites is 2. The lowest BCUT2D eigenvalue weighted by Crippen LogP contribution is -2.21. The van der Waals surface area contributed by atoms with Crippen molar-refractivity contribution in [3.8, 4) is 0 Å². The third kappa shape index (κ3) is 2.30. The molecule has 2 aromatic rings. The first-order valence-electron chi connectivity index (χ1n) is 5.71. The van der Waals surface area contributed by atoms with Gasteiger partial charge in [0.05, 0.1) is 23.5 Å². The summed E-state index contributed by atoms with van der Waals surface area (Å²) in [5.41, 5.74) is 1.83. The fourth-order valence-corrected chi connectivity index (χ4v) is 1.73. The molecule has 0 aliphatic rings. The smallest absolute Gasteiger partial charge is 0.329 e. The van der Waals surface area contributed by atoms with Crippen molar-refractivity contribution >= 4 is 17.0 Å². The molecule has 4 nitrogen and oxygen atoms in total. The summed E-state index contributed by atoms with van der Waals surface area (Å²) in [7, 11) is 0. The van der Waals surface area contributed by atoms with Crippen LogP contribution >= 0.6 is 0 Å².